The Morgan fingerprint density at radius 3 is 2.35 bits per heavy atom. The molecule has 0 N–H and O–H groups in total. The Morgan fingerprint density at radius 1 is 1.10 bits per heavy atom. The van der Waals surface area contributed by atoms with E-state index < -0.39 is 5.54 Å². The standard InChI is InChI=1S/C15H17N3O2/c1-15(2,3)18(20)14-6-4-5-13(11-14)17(19)12-7-9-16-10-8-12/h4-11H,1-3H3. The highest BCUT2D eigenvalue weighted by Crippen LogP contribution is 2.29. The lowest BCUT2D eigenvalue weighted by Gasteiger charge is -2.30. The molecular formula is C15H17N3O2. The molecule has 0 fully saturated rings. The first-order valence-electron chi connectivity index (χ1n) is 6.34. The lowest BCUT2D eigenvalue weighted by atomic mass is 10.1. The Hall–Kier alpha value is -2.27. The van der Waals surface area contributed by atoms with Crippen LogP contribution in [-0.4, -0.2) is 15.3 Å². The Kier molecular flexibility index (Phi) is 3.81. The van der Waals surface area contributed by atoms with Crippen molar-refractivity contribution in [2.45, 2.75) is 26.3 Å². The minimum Gasteiger partial charge on any atom is -0.754 e. The minimum absolute atomic E-state index is 0.416. The summed E-state index contributed by atoms with van der Waals surface area (Å²) in [5, 5.41) is 13.0. The Labute approximate surface area is 118 Å². The summed E-state index contributed by atoms with van der Waals surface area (Å²) in [6, 6.07) is 9.91. The molecule has 0 spiro atoms. The topological polar surface area (TPSA) is 59.3 Å². The van der Waals surface area contributed by atoms with E-state index in [0.717, 1.165) is 9.82 Å². The van der Waals surface area contributed by atoms with Crippen LogP contribution in [0.3, 0.4) is 0 Å². The van der Waals surface area contributed by atoms with Crippen molar-refractivity contribution >= 4 is 17.1 Å². The van der Waals surface area contributed by atoms with Crippen LogP contribution in [0.1, 0.15) is 20.8 Å². The molecule has 0 aliphatic heterocycles. The molecule has 1 aromatic carbocycles. The van der Waals surface area contributed by atoms with Crippen LogP contribution in [0.5, 0.6) is 0 Å². The Balaban J connectivity index is 2.33. The largest absolute Gasteiger partial charge is 0.754 e. The molecule has 0 unspecified atom stereocenters. The van der Waals surface area contributed by atoms with Gasteiger partial charge >= 0.3 is 0 Å². The third-order valence-electron chi connectivity index (χ3n) is 2.81. The predicted octanol–water partition coefficient (Wildman–Crippen LogP) is 3.93. The van der Waals surface area contributed by atoms with E-state index in [1.165, 1.54) is 0 Å². The number of anilines is 2. The van der Waals surface area contributed by atoms with Gasteiger partial charge in [0, 0.05) is 66.3 Å². The second kappa shape index (κ2) is 5.38. The van der Waals surface area contributed by atoms with Gasteiger partial charge < -0.3 is 10.3 Å². The summed E-state index contributed by atoms with van der Waals surface area (Å²) in [6.07, 6.45) is 3.11. The summed E-state index contributed by atoms with van der Waals surface area (Å²) in [5.74, 6) is 0. The van der Waals surface area contributed by atoms with Gasteiger partial charge in [0.1, 0.15) is 0 Å². The number of benzene rings is 1. The molecule has 0 saturated carbocycles. The van der Waals surface area contributed by atoms with Gasteiger partial charge in [-0.1, -0.05) is 6.07 Å². The fourth-order valence-corrected chi connectivity index (χ4v) is 1.76. The number of nitrogens with zero attached hydrogens (tertiary/aromatic N) is 3. The minimum atomic E-state index is -0.553. The highest BCUT2D eigenvalue weighted by molar-refractivity contribution is 5.65. The molecule has 1 heterocycles. The lowest BCUT2D eigenvalue weighted by Crippen LogP contribution is -2.27. The van der Waals surface area contributed by atoms with Crippen molar-refractivity contribution in [1.29, 1.82) is 0 Å². The van der Waals surface area contributed by atoms with Crippen molar-refractivity contribution < 1.29 is 4.76 Å². The van der Waals surface area contributed by atoms with Gasteiger partial charge in [0.05, 0.1) is 0 Å². The van der Waals surface area contributed by atoms with E-state index in [-0.39, 0.29) is 0 Å². The predicted molar refractivity (Wildman–Crippen MR) is 79.2 cm³/mol. The van der Waals surface area contributed by atoms with Crippen LogP contribution >= 0.6 is 0 Å². The van der Waals surface area contributed by atoms with Crippen LogP contribution in [0.15, 0.2) is 48.8 Å². The summed E-state index contributed by atoms with van der Waals surface area (Å²) in [4.78, 5) is 16.0. The SMILES string of the molecule is CC(C)(C)[N+](=O)c1cccc(N([O-])c2ccncc2)c1. The van der Waals surface area contributed by atoms with Crippen molar-refractivity contribution in [3.63, 3.8) is 0 Å². The first-order chi connectivity index (χ1) is 9.39. The molecule has 5 heteroatoms. The van der Waals surface area contributed by atoms with Crippen LogP contribution in [0, 0.1) is 10.1 Å². The number of hydrogen-bond donors (Lipinski definition) is 0. The average molecular weight is 271 g/mol. The molecule has 20 heavy (non-hydrogen) atoms. The van der Waals surface area contributed by atoms with Gasteiger partial charge in [-0.05, 0) is 18.2 Å². The first kappa shape index (κ1) is 14.1. The molecule has 0 aliphatic carbocycles. The molecule has 0 radical (unpaired) electrons. The molecule has 2 rings (SSSR count). The summed E-state index contributed by atoms with van der Waals surface area (Å²) < 4.78 is 0.900. The van der Waals surface area contributed by atoms with Gasteiger partial charge in [0.25, 0.3) is 5.69 Å². The number of rotatable bonds is 3. The fourth-order valence-electron chi connectivity index (χ4n) is 1.76. The molecule has 5 nitrogen and oxygen atoms in total. The Morgan fingerprint density at radius 2 is 1.75 bits per heavy atom. The van der Waals surface area contributed by atoms with E-state index in [1.54, 1.807) is 48.8 Å². The maximum absolute atomic E-state index is 12.2. The summed E-state index contributed by atoms with van der Waals surface area (Å²) in [7, 11) is 0. The lowest BCUT2D eigenvalue weighted by molar-refractivity contribution is -0.540. The number of aromatic nitrogens is 1. The second-order valence-electron chi connectivity index (χ2n) is 5.48. The fraction of sp³-hybridized carbons (Fsp3) is 0.267. The van der Waals surface area contributed by atoms with E-state index in [9.17, 15) is 10.1 Å². The van der Waals surface area contributed by atoms with E-state index in [0.29, 0.717) is 17.1 Å². The molecule has 2 aromatic rings. The first-order valence-corrected chi connectivity index (χ1v) is 6.34. The molecule has 0 atom stereocenters. The van der Waals surface area contributed by atoms with Gasteiger partial charge in [0.15, 0.2) is 0 Å². The molecule has 0 bridgehead atoms. The van der Waals surface area contributed by atoms with Gasteiger partial charge in [-0.15, -0.1) is 0 Å². The van der Waals surface area contributed by atoms with Crippen LogP contribution in [0.25, 0.3) is 0 Å². The summed E-state index contributed by atoms with van der Waals surface area (Å²) >= 11 is 0. The number of pyridine rings is 1. The van der Waals surface area contributed by atoms with E-state index in [4.69, 9.17) is 0 Å². The molecule has 0 aliphatic rings. The van der Waals surface area contributed by atoms with Crippen LogP contribution < -0.4 is 5.06 Å². The van der Waals surface area contributed by atoms with E-state index in [2.05, 4.69) is 4.98 Å². The van der Waals surface area contributed by atoms with Gasteiger partial charge in [-0.2, -0.15) is 0 Å². The van der Waals surface area contributed by atoms with Crippen molar-refractivity contribution in [3.05, 3.63) is 58.9 Å². The monoisotopic (exact) mass is 271 g/mol. The quantitative estimate of drug-likeness (QED) is 0.627. The highest BCUT2D eigenvalue weighted by Gasteiger charge is 2.31. The zero-order valence-corrected chi connectivity index (χ0v) is 11.8. The van der Waals surface area contributed by atoms with Gasteiger partial charge in [0.2, 0.25) is 5.54 Å². The van der Waals surface area contributed by atoms with E-state index in [1.807, 2.05) is 20.8 Å². The van der Waals surface area contributed by atoms with Crippen molar-refractivity contribution in [2.24, 2.45) is 0 Å². The molecule has 0 amide bonds. The summed E-state index contributed by atoms with van der Waals surface area (Å²) in [6.45, 7) is 5.47. The normalized spacial score (nSPS) is 11.2. The second-order valence-corrected chi connectivity index (χ2v) is 5.48. The van der Waals surface area contributed by atoms with Gasteiger partial charge in [-0.25, -0.2) is 0 Å². The molecule has 0 saturated heterocycles. The maximum atomic E-state index is 12.2. The molecular weight excluding hydrogens is 254 g/mol. The van der Waals surface area contributed by atoms with E-state index >= 15 is 0 Å². The maximum Gasteiger partial charge on any atom is 0.258 e. The van der Waals surface area contributed by atoms with Gasteiger partial charge in [-0.3, -0.25) is 4.98 Å². The third-order valence-corrected chi connectivity index (χ3v) is 2.81. The Bertz CT molecular complexity index is 606. The summed E-state index contributed by atoms with van der Waals surface area (Å²) in [5.41, 5.74) is 0.803. The molecule has 1 aromatic heterocycles. The van der Waals surface area contributed by atoms with Crippen molar-refractivity contribution in [2.75, 3.05) is 5.06 Å². The van der Waals surface area contributed by atoms with Crippen LogP contribution in [0.4, 0.5) is 17.1 Å². The zero-order chi connectivity index (χ0) is 14.8. The number of hydrogen-bond acceptors (Lipinski definition) is 4. The van der Waals surface area contributed by atoms with Crippen LogP contribution in [0.2, 0.25) is 0 Å². The highest BCUT2D eigenvalue weighted by atomic mass is 16.5. The van der Waals surface area contributed by atoms with Crippen molar-refractivity contribution in [3.8, 4) is 0 Å². The molecule has 104 valence electrons. The smallest absolute Gasteiger partial charge is 0.258 e. The van der Waals surface area contributed by atoms with Crippen LogP contribution in [-0.2, 0) is 0 Å². The number of nitroso groups, excluding NO2 is 1. The zero-order valence-electron chi connectivity index (χ0n) is 11.8. The third kappa shape index (κ3) is 3.00. The average Bonchev–Trinajstić information content (AvgIpc) is 2.46. The van der Waals surface area contributed by atoms with Crippen molar-refractivity contribution in [1.82, 2.24) is 4.98 Å².